The van der Waals surface area contributed by atoms with Gasteiger partial charge in [-0.25, -0.2) is 0 Å². The maximum atomic E-state index is 9.40. The van der Waals surface area contributed by atoms with Crippen molar-refractivity contribution in [2.75, 3.05) is 26.2 Å². The summed E-state index contributed by atoms with van der Waals surface area (Å²) in [6.45, 7) is 3.55. The molecule has 0 unspecified atom stereocenters. The Labute approximate surface area is 163 Å². The molecule has 0 aliphatic carbocycles. The van der Waals surface area contributed by atoms with E-state index in [2.05, 4.69) is 59.5 Å². The van der Waals surface area contributed by atoms with Crippen LogP contribution in [0.5, 0.6) is 0 Å². The van der Waals surface area contributed by atoms with E-state index in [0.717, 1.165) is 51.7 Å². The third kappa shape index (κ3) is 4.26. The van der Waals surface area contributed by atoms with E-state index >= 15 is 0 Å². The highest BCUT2D eigenvalue weighted by Crippen LogP contribution is 2.43. The zero-order valence-corrected chi connectivity index (χ0v) is 16.1. The molecule has 0 aromatic heterocycles. The Hall–Kier alpha value is -1.68. The van der Waals surface area contributed by atoms with E-state index in [-0.39, 0.29) is 18.3 Å². The van der Waals surface area contributed by atoms with Crippen LogP contribution in [-0.4, -0.2) is 42.4 Å². The molecule has 1 fully saturated rings. The number of aryl methyl sites for hydroxylation is 1. The Balaban J connectivity index is 1.37. The summed E-state index contributed by atoms with van der Waals surface area (Å²) in [5.41, 5.74) is 4.09. The second-order valence-corrected chi connectivity index (χ2v) is 8.04. The highest BCUT2D eigenvalue weighted by atomic mass is 16.5. The molecule has 3 heteroatoms. The van der Waals surface area contributed by atoms with Crippen molar-refractivity contribution in [3.63, 3.8) is 0 Å². The molecule has 0 amide bonds. The second-order valence-electron chi connectivity index (χ2n) is 8.04. The van der Waals surface area contributed by atoms with Gasteiger partial charge in [-0.3, -0.25) is 0 Å². The first-order valence-corrected chi connectivity index (χ1v) is 10.4. The molecule has 0 saturated carbocycles. The van der Waals surface area contributed by atoms with Crippen LogP contribution in [0.2, 0.25) is 0 Å². The van der Waals surface area contributed by atoms with E-state index in [1.165, 1.54) is 23.1 Å². The van der Waals surface area contributed by atoms with E-state index in [0.29, 0.717) is 0 Å². The van der Waals surface area contributed by atoms with Crippen molar-refractivity contribution in [2.45, 2.75) is 50.2 Å². The average Bonchev–Trinajstić information content (AvgIpc) is 2.71. The minimum atomic E-state index is -0.148. The fraction of sp³-hybridized carbons (Fsp3) is 0.500. The molecular weight excluding hydrogens is 334 g/mol. The zero-order chi connectivity index (χ0) is 18.5. The van der Waals surface area contributed by atoms with E-state index < -0.39 is 0 Å². The van der Waals surface area contributed by atoms with Crippen LogP contribution < -0.4 is 0 Å². The highest BCUT2D eigenvalue weighted by molar-refractivity contribution is 5.35. The lowest BCUT2D eigenvalue weighted by molar-refractivity contribution is -0.143. The number of hydrogen-bond donors (Lipinski definition) is 1. The smallest absolute Gasteiger partial charge is 0.0962 e. The standard InChI is InChI=1S/C24H31NO2/c26-18-12-22-19-21-10-4-5-11-23(21)24(27-22)13-16-25(17-14-24)15-6-9-20-7-2-1-3-8-20/h1-5,7-8,10-11,22,26H,6,9,12-19H2/t22-/m0/s1. The Morgan fingerprint density at radius 2 is 1.74 bits per heavy atom. The first kappa shape index (κ1) is 18.7. The number of aliphatic hydroxyl groups is 1. The van der Waals surface area contributed by atoms with Gasteiger partial charge in [0.2, 0.25) is 0 Å². The molecular formula is C24H31NO2. The molecule has 2 aliphatic rings. The van der Waals surface area contributed by atoms with Gasteiger partial charge in [0.05, 0.1) is 11.7 Å². The molecule has 144 valence electrons. The van der Waals surface area contributed by atoms with E-state index in [1.54, 1.807) is 0 Å². The highest BCUT2D eigenvalue weighted by Gasteiger charge is 2.43. The van der Waals surface area contributed by atoms with Gasteiger partial charge >= 0.3 is 0 Å². The van der Waals surface area contributed by atoms with Crippen molar-refractivity contribution in [3.8, 4) is 0 Å². The number of benzene rings is 2. The Morgan fingerprint density at radius 3 is 2.52 bits per heavy atom. The molecule has 1 saturated heterocycles. The molecule has 2 heterocycles. The maximum Gasteiger partial charge on any atom is 0.0962 e. The fourth-order valence-corrected chi connectivity index (χ4v) is 4.79. The molecule has 1 spiro atoms. The van der Waals surface area contributed by atoms with Crippen LogP contribution in [0.3, 0.4) is 0 Å². The Kier molecular flexibility index (Phi) is 5.92. The van der Waals surface area contributed by atoms with Gasteiger partial charge in [-0.2, -0.15) is 0 Å². The van der Waals surface area contributed by atoms with E-state index in [9.17, 15) is 5.11 Å². The predicted octanol–water partition coefficient (Wildman–Crippen LogP) is 3.93. The number of nitrogens with zero attached hydrogens (tertiary/aromatic N) is 1. The first-order valence-electron chi connectivity index (χ1n) is 10.4. The number of fused-ring (bicyclic) bond motifs is 2. The lowest BCUT2D eigenvalue weighted by atomic mass is 9.78. The third-order valence-electron chi connectivity index (χ3n) is 6.25. The topological polar surface area (TPSA) is 32.7 Å². The summed E-state index contributed by atoms with van der Waals surface area (Å²) in [6, 6.07) is 19.6. The van der Waals surface area contributed by atoms with E-state index in [4.69, 9.17) is 4.74 Å². The van der Waals surface area contributed by atoms with Gasteiger partial charge < -0.3 is 14.7 Å². The van der Waals surface area contributed by atoms with Crippen molar-refractivity contribution in [1.82, 2.24) is 4.90 Å². The second kappa shape index (κ2) is 8.55. The molecule has 3 nitrogen and oxygen atoms in total. The fourth-order valence-electron chi connectivity index (χ4n) is 4.79. The van der Waals surface area contributed by atoms with Gasteiger partial charge in [0, 0.05) is 19.7 Å². The Bertz CT molecular complexity index is 722. The molecule has 1 N–H and O–H groups in total. The minimum absolute atomic E-state index is 0.148. The first-order chi connectivity index (χ1) is 13.3. The van der Waals surface area contributed by atoms with Crippen LogP contribution in [0.15, 0.2) is 54.6 Å². The summed E-state index contributed by atoms with van der Waals surface area (Å²) in [7, 11) is 0. The van der Waals surface area contributed by atoms with Crippen LogP contribution in [0.1, 0.15) is 42.4 Å². The van der Waals surface area contributed by atoms with Crippen molar-refractivity contribution in [2.24, 2.45) is 0 Å². The van der Waals surface area contributed by atoms with Crippen molar-refractivity contribution in [1.29, 1.82) is 0 Å². The summed E-state index contributed by atoms with van der Waals surface area (Å²) in [5, 5.41) is 9.40. The predicted molar refractivity (Wildman–Crippen MR) is 109 cm³/mol. The summed E-state index contributed by atoms with van der Waals surface area (Å²) < 4.78 is 6.62. The van der Waals surface area contributed by atoms with E-state index in [1.807, 2.05) is 0 Å². The van der Waals surface area contributed by atoms with Crippen LogP contribution in [0.4, 0.5) is 0 Å². The number of hydrogen-bond acceptors (Lipinski definition) is 3. The number of likely N-dealkylation sites (tertiary alicyclic amines) is 1. The Morgan fingerprint density at radius 1 is 1.00 bits per heavy atom. The lowest BCUT2D eigenvalue weighted by Gasteiger charge is -2.47. The molecule has 4 rings (SSSR count). The minimum Gasteiger partial charge on any atom is -0.396 e. The molecule has 0 radical (unpaired) electrons. The number of piperidine rings is 1. The SMILES string of the molecule is OCC[C@H]1Cc2ccccc2C2(CCN(CCCc3ccccc3)CC2)O1. The average molecular weight is 366 g/mol. The lowest BCUT2D eigenvalue weighted by Crippen LogP contribution is -2.49. The number of ether oxygens (including phenoxy) is 1. The van der Waals surface area contributed by atoms with Crippen LogP contribution in [0.25, 0.3) is 0 Å². The molecule has 1 atom stereocenters. The third-order valence-corrected chi connectivity index (χ3v) is 6.25. The molecule has 2 aromatic rings. The van der Waals surface area contributed by atoms with Crippen LogP contribution >= 0.6 is 0 Å². The monoisotopic (exact) mass is 365 g/mol. The van der Waals surface area contributed by atoms with Gasteiger partial charge in [0.15, 0.2) is 0 Å². The molecule has 27 heavy (non-hydrogen) atoms. The van der Waals surface area contributed by atoms with Crippen LogP contribution in [0, 0.1) is 0 Å². The van der Waals surface area contributed by atoms with Gasteiger partial charge in [0.1, 0.15) is 0 Å². The molecule has 2 aliphatic heterocycles. The van der Waals surface area contributed by atoms with Gasteiger partial charge in [-0.1, -0.05) is 54.6 Å². The largest absolute Gasteiger partial charge is 0.396 e. The van der Waals surface area contributed by atoms with Crippen molar-refractivity contribution < 1.29 is 9.84 Å². The summed E-state index contributed by atoms with van der Waals surface area (Å²) in [5.74, 6) is 0. The van der Waals surface area contributed by atoms with Gasteiger partial charge in [-0.15, -0.1) is 0 Å². The quantitative estimate of drug-likeness (QED) is 0.842. The van der Waals surface area contributed by atoms with Crippen LogP contribution in [-0.2, 0) is 23.2 Å². The maximum absolute atomic E-state index is 9.40. The van der Waals surface area contributed by atoms with Gasteiger partial charge in [0.25, 0.3) is 0 Å². The van der Waals surface area contributed by atoms with Crippen molar-refractivity contribution in [3.05, 3.63) is 71.3 Å². The molecule has 0 bridgehead atoms. The normalized spacial score (nSPS) is 21.9. The summed E-state index contributed by atoms with van der Waals surface area (Å²) >= 11 is 0. The molecule has 2 aromatic carbocycles. The summed E-state index contributed by atoms with van der Waals surface area (Å²) in [6.07, 6.45) is 6.28. The number of rotatable bonds is 6. The summed E-state index contributed by atoms with van der Waals surface area (Å²) in [4.78, 5) is 2.59. The van der Waals surface area contributed by atoms with Gasteiger partial charge in [-0.05, 0) is 61.8 Å². The van der Waals surface area contributed by atoms with Crippen molar-refractivity contribution >= 4 is 0 Å². The number of aliphatic hydroxyl groups excluding tert-OH is 1. The zero-order valence-electron chi connectivity index (χ0n) is 16.1.